The van der Waals surface area contributed by atoms with Crippen LogP contribution in [-0.2, 0) is 9.53 Å². The number of fused-ring (bicyclic) bond motifs is 2. The summed E-state index contributed by atoms with van der Waals surface area (Å²) in [6.07, 6.45) is 5.91. The number of esters is 1. The molecule has 0 unspecified atom stereocenters. The first-order valence-electron chi connectivity index (χ1n) is 12.3. The molecule has 4 nitrogen and oxygen atoms in total. The lowest BCUT2D eigenvalue weighted by Gasteiger charge is -2.50. The van der Waals surface area contributed by atoms with Crippen LogP contribution in [0.15, 0.2) is 30.4 Å². The maximum absolute atomic E-state index is 12.9. The summed E-state index contributed by atoms with van der Waals surface area (Å²) in [6, 6.07) is 6.77. The number of carbonyl (C=O) groups is 1. The molecule has 0 aromatic heterocycles. The van der Waals surface area contributed by atoms with Gasteiger partial charge in [-0.25, -0.2) is 0 Å². The Labute approximate surface area is 187 Å². The first kappa shape index (κ1) is 21.1. The van der Waals surface area contributed by atoms with E-state index in [1.54, 1.807) is 0 Å². The van der Waals surface area contributed by atoms with Gasteiger partial charge < -0.3 is 9.64 Å². The highest BCUT2D eigenvalue weighted by molar-refractivity contribution is 5.75. The Hall–Kier alpha value is -1.81. The second kappa shape index (κ2) is 7.95. The van der Waals surface area contributed by atoms with Gasteiger partial charge in [0.2, 0.25) is 0 Å². The quantitative estimate of drug-likeness (QED) is 0.520. The molecule has 2 saturated heterocycles. The normalized spacial score (nSPS) is 36.2. The molecule has 168 valence electrons. The Bertz CT molecular complexity index is 872. The van der Waals surface area contributed by atoms with Crippen molar-refractivity contribution in [2.75, 3.05) is 37.6 Å². The predicted octanol–water partition coefficient (Wildman–Crippen LogP) is 4.74. The van der Waals surface area contributed by atoms with Crippen LogP contribution in [0, 0.1) is 37.0 Å². The highest BCUT2D eigenvalue weighted by Crippen LogP contribution is 2.56. The highest BCUT2D eigenvalue weighted by Gasteiger charge is 2.55. The molecule has 4 aliphatic rings. The van der Waals surface area contributed by atoms with E-state index in [0.29, 0.717) is 11.8 Å². The Morgan fingerprint density at radius 1 is 1.16 bits per heavy atom. The van der Waals surface area contributed by atoms with Gasteiger partial charge in [0, 0.05) is 44.3 Å². The van der Waals surface area contributed by atoms with Gasteiger partial charge in [0.25, 0.3) is 0 Å². The van der Waals surface area contributed by atoms with Crippen LogP contribution in [0.1, 0.15) is 50.2 Å². The van der Waals surface area contributed by atoms with E-state index in [4.69, 9.17) is 4.74 Å². The standard InChI is InChI=1S/C27H38N2O2/c1-18-7-8-21(14-20(18)3)29-12-10-28(11-13-29)17-23-22-15-24-19(2)6-5-9-27(24,4)16-25(22)31-26(23)30/h7-8,14,22-25H,2,5-6,9-13,15-17H2,1,3-4H3/t22-,23+,24+,25+,27+/m0/s1. The first-order valence-corrected chi connectivity index (χ1v) is 12.3. The summed E-state index contributed by atoms with van der Waals surface area (Å²) in [6.45, 7) is 16.1. The van der Waals surface area contributed by atoms with Crippen molar-refractivity contribution >= 4 is 11.7 Å². The summed E-state index contributed by atoms with van der Waals surface area (Å²) < 4.78 is 5.98. The van der Waals surface area contributed by atoms with E-state index >= 15 is 0 Å². The molecule has 5 rings (SSSR count). The average Bonchev–Trinajstić information content (AvgIpc) is 3.03. The number of anilines is 1. The number of ether oxygens (including phenoxy) is 1. The predicted molar refractivity (Wildman–Crippen MR) is 125 cm³/mol. The SMILES string of the molecule is C=C1CCC[C@]2(C)C[C@H]3OC(=O)[C@H](CN4CCN(c5ccc(C)c(C)c5)CC4)[C@@H]3C[C@H]12. The summed E-state index contributed by atoms with van der Waals surface area (Å²) in [5.74, 6) is 1.04. The third-order valence-corrected chi connectivity index (χ3v) is 9.00. The lowest BCUT2D eigenvalue weighted by molar-refractivity contribution is -0.146. The maximum Gasteiger partial charge on any atom is 0.310 e. The van der Waals surface area contributed by atoms with E-state index in [0.717, 1.165) is 52.0 Å². The monoisotopic (exact) mass is 422 g/mol. The van der Waals surface area contributed by atoms with E-state index in [1.807, 2.05) is 0 Å². The fourth-order valence-corrected chi connectivity index (χ4v) is 6.85. The number of allylic oxidation sites excluding steroid dienone is 1. The van der Waals surface area contributed by atoms with Crippen LogP contribution in [0.4, 0.5) is 5.69 Å². The average molecular weight is 423 g/mol. The van der Waals surface area contributed by atoms with Gasteiger partial charge in [-0.1, -0.05) is 25.1 Å². The van der Waals surface area contributed by atoms with Gasteiger partial charge in [-0.05, 0) is 80.5 Å². The van der Waals surface area contributed by atoms with Gasteiger partial charge >= 0.3 is 5.97 Å². The van der Waals surface area contributed by atoms with Crippen molar-refractivity contribution in [2.24, 2.45) is 23.2 Å². The molecule has 0 N–H and O–H groups in total. The number of rotatable bonds is 3. The number of carbonyl (C=O) groups excluding carboxylic acids is 1. The van der Waals surface area contributed by atoms with E-state index < -0.39 is 0 Å². The summed E-state index contributed by atoms with van der Waals surface area (Å²) in [7, 11) is 0. The lowest BCUT2D eigenvalue weighted by atomic mass is 9.55. The summed E-state index contributed by atoms with van der Waals surface area (Å²) in [5, 5.41) is 0. The number of benzene rings is 1. The summed E-state index contributed by atoms with van der Waals surface area (Å²) in [4.78, 5) is 17.9. The molecule has 2 aliphatic heterocycles. The Morgan fingerprint density at radius 3 is 2.68 bits per heavy atom. The first-order chi connectivity index (χ1) is 14.8. The van der Waals surface area contributed by atoms with Gasteiger partial charge in [0.15, 0.2) is 0 Å². The highest BCUT2D eigenvalue weighted by atomic mass is 16.6. The minimum atomic E-state index is 0.0393. The minimum Gasteiger partial charge on any atom is -0.462 e. The maximum atomic E-state index is 12.9. The van der Waals surface area contributed by atoms with Crippen molar-refractivity contribution in [2.45, 2.75) is 59.0 Å². The van der Waals surface area contributed by atoms with Crippen LogP contribution < -0.4 is 4.90 Å². The zero-order valence-corrected chi connectivity index (χ0v) is 19.5. The molecule has 2 heterocycles. The largest absolute Gasteiger partial charge is 0.462 e. The van der Waals surface area contributed by atoms with E-state index in [2.05, 4.69) is 55.3 Å². The molecule has 4 fully saturated rings. The van der Waals surface area contributed by atoms with E-state index in [9.17, 15) is 4.79 Å². The number of nitrogens with zero attached hydrogens (tertiary/aromatic N) is 2. The smallest absolute Gasteiger partial charge is 0.310 e. The van der Waals surface area contributed by atoms with Crippen LogP contribution in [-0.4, -0.2) is 49.7 Å². The molecule has 2 saturated carbocycles. The van der Waals surface area contributed by atoms with Crippen molar-refractivity contribution in [3.63, 3.8) is 0 Å². The van der Waals surface area contributed by atoms with Gasteiger partial charge in [-0.3, -0.25) is 9.69 Å². The second-order valence-corrected chi connectivity index (χ2v) is 11.0. The molecule has 0 spiro atoms. The molecule has 2 aliphatic carbocycles. The second-order valence-electron chi connectivity index (χ2n) is 11.0. The van der Waals surface area contributed by atoms with Gasteiger partial charge in [0.1, 0.15) is 6.10 Å². The fraction of sp³-hybridized carbons (Fsp3) is 0.667. The molecule has 0 radical (unpaired) electrons. The van der Waals surface area contributed by atoms with Crippen LogP contribution in [0.3, 0.4) is 0 Å². The molecule has 1 aromatic carbocycles. The van der Waals surface area contributed by atoms with Crippen LogP contribution in [0.25, 0.3) is 0 Å². The van der Waals surface area contributed by atoms with Crippen LogP contribution in [0.5, 0.6) is 0 Å². The third kappa shape index (κ3) is 3.82. The van der Waals surface area contributed by atoms with E-state index in [1.165, 1.54) is 35.2 Å². The molecule has 1 aromatic rings. The fourth-order valence-electron chi connectivity index (χ4n) is 6.85. The zero-order chi connectivity index (χ0) is 21.8. The van der Waals surface area contributed by atoms with Crippen molar-refractivity contribution < 1.29 is 9.53 Å². The van der Waals surface area contributed by atoms with Crippen molar-refractivity contribution in [1.29, 1.82) is 0 Å². The molecular formula is C27H38N2O2. The van der Waals surface area contributed by atoms with Crippen LogP contribution in [0.2, 0.25) is 0 Å². The molecule has 0 amide bonds. The number of piperazine rings is 1. The van der Waals surface area contributed by atoms with E-state index in [-0.39, 0.29) is 23.4 Å². The number of hydrogen-bond acceptors (Lipinski definition) is 4. The zero-order valence-electron chi connectivity index (χ0n) is 19.5. The molecule has 31 heavy (non-hydrogen) atoms. The topological polar surface area (TPSA) is 32.8 Å². The van der Waals surface area contributed by atoms with Gasteiger partial charge in [-0.15, -0.1) is 0 Å². The van der Waals surface area contributed by atoms with Gasteiger partial charge in [-0.2, -0.15) is 0 Å². The van der Waals surface area contributed by atoms with Crippen molar-refractivity contribution in [3.8, 4) is 0 Å². The molecule has 4 heteroatoms. The molecule has 0 bridgehead atoms. The summed E-state index contributed by atoms with van der Waals surface area (Å²) >= 11 is 0. The Kier molecular flexibility index (Phi) is 5.40. The van der Waals surface area contributed by atoms with Crippen molar-refractivity contribution in [3.05, 3.63) is 41.5 Å². The number of aryl methyl sites for hydroxylation is 2. The molecule has 5 atom stereocenters. The summed E-state index contributed by atoms with van der Waals surface area (Å²) in [5.41, 5.74) is 5.73. The molecular weight excluding hydrogens is 384 g/mol. The third-order valence-electron chi connectivity index (χ3n) is 9.00. The number of hydrogen-bond donors (Lipinski definition) is 0. The lowest BCUT2D eigenvalue weighted by Crippen LogP contribution is -2.50. The minimum absolute atomic E-state index is 0.0393. The van der Waals surface area contributed by atoms with Crippen molar-refractivity contribution in [1.82, 2.24) is 4.90 Å². The van der Waals surface area contributed by atoms with Crippen LogP contribution >= 0.6 is 0 Å². The Balaban J connectivity index is 1.22. The van der Waals surface area contributed by atoms with Gasteiger partial charge in [0.05, 0.1) is 5.92 Å². The Morgan fingerprint density at radius 2 is 1.94 bits per heavy atom.